The molecule has 2 aromatic rings. The van der Waals surface area contributed by atoms with Gasteiger partial charge in [0.05, 0.1) is 6.54 Å². The lowest BCUT2D eigenvalue weighted by Crippen LogP contribution is -2.28. The monoisotopic (exact) mass is 351 g/mol. The molecule has 1 heterocycles. The summed E-state index contributed by atoms with van der Waals surface area (Å²) in [6.07, 6.45) is 0. The molecule has 6 nitrogen and oxygen atoms in total. The Kier molecular flexibility index (Phi) is 5.51. The van der Waals surface area contributed by atoms with Crippen LogP contribution in [0.3, 0.4) is 0 Å². The lowest BCUT2D eigenvalue weighted by Gasteiger charge is -2.10. The molecule has 0 fully saturated rings. The summed E-state index contributed by atoms with van der Waals surface area (Å²) >= 11 is 6.08. The van der Waals surface area contributed by atoms with Gasteiger partial charge in [-0.3, -0.25) is 4.79 Å². The molecule has 0 unspecified atom stereocenters. The number of amides is 1. The van der Waals surface area contributed by atoms with E-state index < -0.39 is 5.97 Å². The van der Waals surface area contributed by atoms with E-state index in [0.717, 1.165) is 11.1 Å². The Hall–Kier alpha value is -2.47. The highest BCUT2D eigenvalue weighted by atomic mass is 35.5. The molecule has 0 saturated carbocycles. The molecule has 2 N–H and O–H groups in total. The first-order valence-electron chi connectivity index (χ1n) is 7.26. The van der Waals surface area contributed by atoms with Crippen LogP contribution in [0, 0.1) is 20.8 Å². The third-order valence-electron chi connectivity index (χ3n) is 3.44. The normalized spacial score (nSPS) is 10.5. The Balaban J connectivity index is 1.88. The van der Waals surface area contributed by atoms with Crippen molar-refractivity contribution >= 4 is 23.5 Å². The lowest BCUT2D eigenvalue weighted by atomic mass is 10.1. The second-order valence-electron chi connectivity index (χ2n) is 5.42. The van der Waals surface area contributed by atoms with E-state index in [0.29, 0.717) is 22.3 Å². The number of rotatable bonds is 6. The third kappa shape index (κ3) is 4.29. The van der Waals surface area contributed by atoms with Crippen LogP contribution < -0.4 is 10.1 Å². The predicted molar refractivity (Wildman–Crippen MR) is 88.7 cm³/mol. The smallest absolute Gasteiger partial charge is 0.339 e. The molecule has 1 amide bonds. The number of nitrogens with one attached hydrogen (secondary N) is 1. The Bertz CT molecular complexity index is 758. The first-order valence-corrected chi connectivity index (χ1v) is 7.64. The number of ether oxygens (including phenoxy) is 1. The molecule has 0 spiro atoms. The van der Waals surface area contributed by atoms with Crippen molar-refractivity contribution in [3.05, 3.63) is 51.4 Å². The SMILES string of the molecule is Cc1cc(OCC(=O)NCc2cc(C(=O)O)c(C)o2)cc(C)c1Cl. The molecule has 128 valence electrons. The van der Waals surface area contributed by atoms with Crippen LogP contribution in [0.2, 0.25) is 5.02 Å². The van der Waals surface area contributed by atoms with Gasteiger partial charge in [0.2, 0.25) is 0 Å². The van der Waals surface area contributed by atoms with Crippen molar-refractivity contribution in [1.29, 1.82) is 0 Å². The van der Waals surface area contributed by atoms with Crippen LogP contribution in [0.4, 0.5) is 0 Å². The zero-order valence-corrected chi connectivity index (χ0v) is 14.4. The van der Waals surface area contributed by atoms with Crippen LogP contribution >= 0.6 is 11.6 Å². The predicted octanol–water partition coefficient (Wildman–Crippen LogP) is 3.25. The number of carbonyl (C=O) groups is 2. The van der Waals surface area contributed by atoms with Gasteiger partial charge in [0.15, 0.2) is 6.61 Å². The number of carboxylic acids is 1. The third-order valence-corrected chi connectivity index (χ3v) is 4.04. The molecule has 1 aromatic heterocycles. The number of halogens is 1. The number of aromatic carboxylic acids is 1. The Morgan fingerprint density at radius 2 is 1.83 bits per heavy atom. The summed E-state index contributed by atoms with van der Waals surface area (Å²) in [6.45, 7) is 5.22. The molecular weight excluding hydrogens is 334 g/mol. The molecule has 24 heavy (non-hydrogen) atoms. The molecule has 0 bridgehead atoms. The number of hydrogen-bond acceptors (Lipinski definition) is 4. The van der Waals surface area contributed by atoms with E-state index in [1.165, 1.54) is 6.07 Å². The van der Waals surface area contributed by atoms with Gasteiger partial charge in [0, 0.05) is 5.02 Å². The molecule has 0 aliphatic heterocycles. The van der Waals surface area contributed by atoms with E-state index in [4.69, 9.17) is 25.9 Å². The molecule has 0 aliphatic rings. The minimum absolute atomic E-state index is 0.0858. The minimum Gasteiger partial charge on any atom is -0.484 e. The Morgan fingerprint density at radius 3 is 2.38 bits per heavy atom. The van der Waals surface area contributed by atoms with Crippen LogP contribution in [0.5, 0.6) is 5.75 Å². The van der Waals surface area contributed by atoms with E-state index in [2.05, 4.69) is 5.32 Å². The number of carbonyl (C=O) groups excluding carboxylic acids is 1. The molecule has 0 saturated heterocycles. The van der Waals surface area contributed by atoms with Crippen molar-refractivity contribution in [1.82, 2.24) is 5.32 Å². The topological polar surface area (TPSA) is 88.8 Å². The Morgan fingerprint density at radius 1 is 1.21 bits per heavy atom. The number of hydrogen-bond donors (Lipinski definition) is 2. The summed E-state index contributed by atoms with van der Waals surface area (Å²) in [4.78, 5) is 22.8. The van der Waals surface area contributed by atoms with Gasteiger partial charge >= 0.3 is 5.97 Å². The highest BCUT2D eigenvalue weighted by Crippen LogP contribution is 2.25. The summed E-state index contributed by atoms with van der Waals surface area (Å²) < 4.78 is 10.7. The molecule has 0 radical (unpaired) electrons. The quantitative estimate of drug-likeness (QED) is 0.833. The molecule has 0 atom stereocenters. The van der Waals surface area contributed by atoms with Gasteiger partial charge in [-0.05, 0) is 50.1 Å². The maximum atomic E-state index is 11.8. The summed E-state index contributed by atoms with van der Waals surface area (Å²) in [5, 5.41) is 12.2. The van der Waals surface area contributed by atoms with Crippen LogP contribution in [-0.4, -0.2) is 23.6 Å². The zero-order valence-electron chi connectivity index (χ0n) is 13.6. The minimum atomic E-state index is -1.06. The van der Waals surface area contributed by atoms with Gasteiger partial charge in [-0.25, -0.2) is 4.79 Å². The number of furan rings is 1. The first-order chi connectivity index (χ1) is 11.3. The molecule has 0 aliphatic carbocycles. The van der Waals surface area contributed by atoms with E-state index >= 15 is 0 Å². The molecule has 1 aromatic carbocycles. The van der Waals surface area contributed by atoms with Crippen molar-refractivity contribution in [2.45, 2.75) is 27.3 Å². The molecular formula is C17H18ClNO5. The molecule has 7 heteroatoms. The molecule has 2 rings (SSSR count). The van der Waals surface area contributed by atoms with Crippen LogP contribution in [0.1, 0.15) is 33.0 Å². The highest BCUT2D eigenvalue weighted by Gasteiger charge is 2.14. The average molecular weight is 352 g/mol. The maximum Gasteiger partial charge on any atom is 0.339 e. The van der Waals surface area contributed by atoms with Crippen molar-refractivity contribution in [3.8, 4) is 5.75 Å². The van der Waals surface area contributed by atoms with Gasteiger partial charge in [-0.2, -0.15) is 0 Å². The number of carboxylic acid groups (broad SMARTS) is 1. The fourth-order valence-corrected chi connectivity index (χ4v) is 2.33. The maximum absolute atomic E-state index is 11.8. The van der Waals surface area contributed by atoms with Gasteiger partial charge in [0.1, 0.15) is 22.8 Å². The van der Waals surface area contributed by atoms with E-state index in [1.807, 2.05) is 13.8 Å². The standard InChI is InChI=1S/C17H18ClNO5/c1-9-4-12(5-10(2)16(9)18)23-8-15(20)19-7-13-6-14(17(21)22)11(3)24-13/h4-6H,7-8H2,1-3H3,(H,19,20)(H,21,22). The van der Waals surface area contributed by atoms with Crippen molar-refractivity contribution in [2.24, 2.45) is 0 Å². The summed E-state index contributed by atoms with van der Waals surface area (Å²) in [7, 11) is 0. The fraction of sp³-hybridized carbons (Fsp3) is 0.294. The number of aryl methyl sites for hydroxylation is 3. The van der Waals surface area contributed by atoms with Gasteiger partial charge in [-0.15, -0.1) is 0 Å². The van der Waals surface area contributed by atoms with Gasteiger partial charge in [0.25, 0.3) is 5.91 Å². The van der Waals surface area contributed by atoms with Gasteiger partial charge in [-0.1, -0.05) is 11.6 Å². The van der Waals surface area contributed by atoms with Crippen LogP contribution in [-0.2, 0) is 11.3 Å². The van der Waals surface area contributed by atoms with Crippen LogP contribution in [0.25, 0.3) is 0 Å². The first kappa shape index (κ1) is 17.9. The second kappa shape index (κ2) is 7.40. The highest BCUT2D eigenvalue weighted by molar-refractivity contribution is 6.32. The number of benzene rings is 1. The second-order valence-corrected chi connectivity index (χ2v) is 5.80. The van der Waals surface area contributed by atoms with E-state index in [-0.39, 0.29) is 24.6 Å². The van der Waals surface area contributed by atoms with Crippen LogP contribution in [0.15, 0.2) is 22.6 Å². The fourth-order valence-electron chi connectivity index (χ4n) is 2.22. The van der Waals surface area contributed by atoms with Crippen molar-refractivity contribution in [2.75, 3.05) is 6.61 Å². The average Bonchev–Trinajstić information content (AvgIpc) is 2.89. The van der Waals surface area contributed by atoms with Crippen molar-refractivity contribution < 1.29 is 23.8 Å². The zero-order chi connectivity index (χ0) is 17.9. The summed E-state index contributed by atoms with van der Waals surface area (Å²) in [5.41, 5.74) is 1.83. The van der Waals surface area contributed by atoms with E-state index in [1.54, 1.807) is 19.1 Å². The summed E-state index contributed by atoms with van der Waals surface area (Å²) in [5.74, 6) is -0.171. The van der Waals surface area contributed by atoms with E-state index in [9.17, 15) is 9.59 Å². The largest absolute Gasteiger partial charge is 0.484 e. The van der Waals surface area contributed by atoms with Gasteiger partial charge < -0.3 is 19.6 Å². The lowest BCUT2D eigenvalue weighted by molar-refractivity contribution is -0.123. The Labute approximate surface area is 144 Å². The van der Waals surface area contributed by atoms with Crippen molar-refractivity contribution in [3.63, 3.8) is 0 Å². The summed E-state index contributed by atoms with van der Waals surface area (Å²) in [6, 6.07) is 4.92.